The van der Waals surface area contributed by atoms with Gasteiger partial charge in [-0.3, -0.25) is 0 Å². The standard InChI is InChI=1S/C9H16O2S/c1-3-8(12)11-7-9(2)4-5-10-6-9/h3-7H2,1-2H3. The topological polar surface area (TPSA) is 18.5 Å². The molecule has 0 aromatic carbocycles. The number of hydrogen-bond donors (Lipinski definition) is 0. The summed E-state index contributed by atoms with van der Waals surface area (Å²) >= 11 is 4.98. The Bertz CT molecular complexity index is 162. The van der Waals surface area contributed by atoms with Gasteiger partial charge in [0.2, 0.25) is 0 Å². The average Bonchev–Trinajstić information content (AvgIpc) is 2.49. The van der Waals surface area contributed by atoms with Gasteiger partial charge in [0, 0.05) is 18.4 Å². The Morgan fingerprint density at radius 3 is 2.92 bits per heavy atom. The van der Waals surface area contributed by atoms with Crippen LogP contribution in [0.15, 0.2) is 0 Å². The first-order valence-electron chi connectivity index (χ1n) is 4.40. The molecule has 0 amide bonds. The summed E-state index contributed by atoms with van der Waals surface area (Å²) in [6.07, 6.45) is 1.91. The predicted octanol–water partition coefficient (Wildman–Crippen LogP) is 2.17. The van der Waals surface area contributed by atoms with Gasteiger partial charge in [-0.25, -0.2) is 0 Å². The summed E-state index contributed by atoms with van der Waals surface area (Å²) in [5.74, 6) is 0. The number of rotatable bonds is 3. The van der Waals surface area contributed by atoms with Crippen molar-refractivity contribution in [1.29, 1.82) is 0 Å². The lowest BCUT2D eigenvalue weighted by Gasteiger charge is -2.21. The summed E-state index contributed by atoms with van der Waals surface area (Å²) in [4.78, 5) is 0. The lowest BCUT2D eigenvalue weighted by Crippen LogP contribution is -2.24. The zero-order valence-corrected chi connectivity index (χ0v) is 8.58. The summed E-state index contributed by atoms with van der Waals surface area (Å²) in [6.45, 7) is 6.56. The van der Waals surface area contributed by atoms with Gasteiger partial charge in [0.25, 0.3) is 0 Å². The molecule has 1 unspecified atom stereocenters. The highest BCUT2D eigenvalue weighted by Crippen LogP contribution is 2.27. The van der Waals surface area contributed by atoms with Crippen LogP contribution in [0, 0.1) is 5.41 Å². The third kappa shape index (κ3) is 2.72. The molecule has 3 heteroatoms. The van der Waals surface area contributed by atoms with Crippen LogP contribution < -0.4 is 0 Å². The molecule has 0 aromatic rings. The van der Waals surface area contributed by atoms with E-state index in [-0.39, 0.29) is 5.41 Å². The molecule has 0 bridgehead atoms. The van der Waals surface area contributed by atoms with Crippen molar-refractivity contribution in [1.82, 2.24) is 0 Å². The fraction of sp³-hybridized carbons (Fsp3) is 0.889. The molecule has 70 valence electrons. The highest BCUT2D eigenvalue weighted by molar-refractivity contribution is 7.80. The SMILES string of the molecule is CCC(=S)OCC1(C)CCOC1. The van der Waals surface area contributed by atoms with Crippen LogP contribution in [-0.2, 0) is 9.47 Å². The van der Waals surface area contributed by atoms with E-state index in [1.807, 2.05) is 6.92 Å². The molecule has 0 aliphatic carbocycles. The molecule has 0 N–H and O–H groups in total. The number of ether oxygens (including phenoxy) is 2. The maximum atomic E-state index is 5.43. The molecule has 1 saturated heterocycles. The van der Waals surface area contributed by atoms with E-state index in [9.17, 15) is 0 Å². The van der Waals surface area contributed by atoms with E-state index in [1.165, 1.54) is 0 Å². The van der Waals surface area contributed by atoms with Gasteiger partial charge in [-0.05, 0) is 18.6 Å². The monoisotopic (exact) mass is 188 g/mol. The summed E-state index contributed by atoms with van der Waals surface area (Å²) in [7, 11) is 0. The zero-order valence-electron chi connectivity index (χ0n) is 7.76. The molecule has 0 saturated carbocycles. The van der Waals surface area contributed by atoms with E-state index in [4.69, 9.17) is 21.7 Å². The van der Waals surface area contributed by atoms with Crippen molar-refractivity contribution in [3.63, 3.8) is 0 Å². The Balaban J connectivity index is 2.25. The molecular weight excluding hydrogens is 172 g/mol. The van der Waals surface area contributed by atoms with Gasteiger partial charge in [-0.2, -0.15) is 0 Å². The Morgan fingerprint density at radius 2 is 2.42 bits per heavy atom. The van der Waals surface area contributed by atoms with Crippen molar-refractivity contribution in [3.8, 4) is 0 Å². The first kappa shape index (κ1) is 9.93. The highest BCUT2D eigenvalue weighted by atomic mass is 32.1. The minimum atomic E-state index is 0.194. The van der Waals surface area contributed by atoms with Crippen molar-refractivity contribution < 1.29 is 9.47 Å². The first-order valence-corrected chi connectivity index (χ1v) is 4.80. The van der Waals surface area contributed by atoms with Crippen molar-refractivity contribution in [2.75, 3.05) is 19.8 Å². The molecule has 0 aromatic heterocycles. The van der Waals surface area contributed by atoms with Crippen LogP contribution in [-0.4, -0.2) is 24.9 Å². The van der Waals surface area contributed by atoms with Crippen molar-refractivity contribution >= 4 is 17.3 Å². The lowest BCUT2D eigenvalue weighted by molar-refractivity contribution is 0.113. The molecule has 1 aliphatic rings. The molecule has 12 heavy (non-hydrogen) atoms. The van der Waals surface area contributed by atoms with Gasteiger partial charge >= 0.3 is 0 Å². The van der Waals surface area contributed by atoms with E-state index in [0.717, 1.165) is 26.1 Å². The summed E-state index contributed by atoms with van der Waals surface area (Å²) in [5.41, 5.74) is 0.194. The van der Waals surface area contributed by atoms with Crippen LogP contribution in [0.3, 0.4) is 0 Å². The highest BCUT2D eigenvalue weighted by Gasteiger charge is 2.30. The average molecular weight is 188 g/mol. The minimum absolute atomic E-state index is 0.194. The second-order valence-corrected chi connectivity index (χ2v) is 4.08. The molecule has 0 spiro atoms. The quantitative estimate of drug-likeness (QED) is 0.632. The van der Waals surface area contributed by atoms with Crippen molar-refractivity contribution in [2.45, 2.75) is 26.7 Å². The Morgan fingerprint density at radius 1 is 1.67 bits per heavy atom. The summed E-state index contributed by atoms with van der Waals surface area (Å²) < 4.78 is 10.7. The van der Waals surface area contributed by atoms with Gasteiger partial charge in [-0.15, -0.1) is 0 Å². The van der Waals surface area contributed by atoms with E-state index < -0.39 is 0 Å². The van der Waals surface area contributed by atoms with Gasteiger partial charge in [0.15, 0.2) is 5.05 Å². The smallest absolute Gasteiger partial charge is 0.159 e. The third-order valence-electron chi connectivity index (χ3n) is 2.17. The van der Waals surface area contributed by atoms with E-state index >= 15 is 0 Å². The molecule has 1 heterocycles. The number of hydrogen-bond acceptors (Lipinski definition) is 3. The van der Waals surface area contributed by atoms with Crippen LogP contribution in [0.5, 0.6) is 0 Å². The molecular formula is C9H16O2S. The van der Waals surface area contributed by atoms with Gasteiger partial charge in [0.1, 0.15) is 0 Å². The van der Waals surface area contributed by atoms with Crippen LogP contribution in [0.1, 0.15) is 26.7 Å². The van der Waals surface area contributed by atoms with E-state index in [1.54, 1.807) is 0 Å². The minimum Gasteiger partial charge on any atom is -0.486 e. The molecule has 0 radical (unpaired) electrons. The third-order valence-corrected chi connectivity index (χ3v) is 2.58. The van der Waals surface area contributed by atoms with Gasteiger partial charge < -0.3 is 9.47 Å². The fourth-order valence-electron chi connectivity index (χ4n) is 1.18. The van der Waals surface area contributed by atoms with E-state index in [2.05, 4.69) is 6.92 Å². The summed E-state index contributed by atoms with van der Waals surface area (Å²) in [6, 6.07) is 0. The van der Waals surface area contributed by atoms with Gasteiger partial charge in [-0.1, -0.05) is 13.8 Å². The lowest BCUT2D eigenvalue weighted by atomic mass is 9.91. The van der Waals surface area contributed by atoms with E-state index in [0.29, 0.717) is 11.7 Å². The molecule has 1 fully saturated rings. The number of thiocarbonyl (C=S) groups is 1. The van der Waals surface area contributed by atoms with Crippen molar-refractivity contribution in [3.05, 3.63) is 0 Å². The summed E-state index contributed by atoms with van der Waals surface area (Å²) in [5, 5.41) is 0.711. The molecule has 2 nitrogen and oxygen atoms in total. The second-order valence-electron chi connectivity index (χ2n) is 3.63. The van der Waals surface area contributed by atoms with Gasteiger partial charge in [0.05, 0.1) is 13.2 Å². The van der Waals surface area contributed by atoms with Crippen LogP contribution in [0.2, 0.25) is 0 Å². The predicted molar refractivity (Wildman–Crippen MR) is 52.4 cm³/mol. The van der Waals surface area contributed by atoms with Crippen LogP contribution in [0.4, 0.5) is 0 Å². The fourth-order valence-corrected chi connectivity index (χ4v) is 1.24. The normalized spacial score (nSPS) is 28.8. The Kier molecular flexibility index (Phi) is 3.47. The van der Waals surface area contributed by atoms with Crippen LogP contribution in [0.25, 0.3) is 0 Å². The maximum Gasteiger partial charge on any atom is 0.159 e. The molecule has 1 atom stereocenters. The maximum absolute atomic E-state index is 5.43. The Labute approximate surface area is 79.2 Å². The van der Waals surface area contributed by atoms with Crippen LogP contribution >= 0.6 is 12.2 Å². The molecule has 1 rings (SSSR count). The second kappa shape index (κ2) is 4.19. The zero-order chi connectivity index (χ0) is 9.03. The first-order chi connectivity index (χ1) is 5.66. The molecule has 1 aliphatic heterocycles. The Hall–Kier alpha value is -0.150. The largest absolute Gasteiger partial charge is 0.486 e. The van der Waals surface area contributed by atoms with Crippen molar-refractivity contribution in [2.24, 2.45) is 5.41 Å².